The highest BCUT2D eigenvalue weighted by Gasteiger charge is 2.29. The molecule has 0 N–H and O–H groups in total. The van der Waals surface area contributed by atoms with Crippen molar-refractivity contribution in [2.24, 2.45) is 11.8 Å². The van der Waals surface area contributed by atoms with Crippen molar-refractivity contribution in [1.29, 1.82) is 0 Å². The maximum absolute atomic E-state index is 13.1. The average Bonchev–Trinajstić information content (AvgIpc) is 2.70. The van der Waals surface area contributed by atoms with Gasteiger partial charge in [-0.05, 0) is 50.7 Å². The second-order valence-corrected chi connectivity index (χ2v) is 7.50. The zero-order valence-electron chi connectivity index (χ0n) is 16.9. The van der Waals surface area contributed by atoms with Crippen LogP contribution in [-0.2, 0) is 20.9 Å². The van der Waals surface area contributed by atoms with E-state index < -0.39 is 0 Å². The van der Waals surface area contributed by atoms with Gasteiger partial charge >= 0.3 is 5.97 Å². The Hall–Kier alpha value is -1.91. The molecule has 27 heavy (non-hydrogen) atoms. The summed E-state index contributed by atoms with van der Waals surface area (Å²) in [6, 6.07) is 5.72. The fourth-order valence-electron chi connectivity index (χ4n) is 3.86. The highest BCUT2D eigenvalue weighted by Crippen LogP contribution is 2.33. The Morgan fingerprint density at radius 2 is 1.96 bits per heavy atom. The van der Waals surface area contributed by atoms with Crippen LogP contribution in [0.5, 0.6) is 0 Å². The van der Waals surface area contributed by atoms with Crippen LogP contribution in [0.4, 0.5) is 0 Å². The van der Waals surface area contributed by atoms with Gasteiger partial charge in [0.15, 0.2) is 0 Å². The first-order valence-corrected chi connectivity index (χ1v) is 10.5. The molecule has 0 bridgehead atoms. The highest BCUT2D eigenvalue weighted by molar-refractivity contribution is 5.79. The van der Waals surface area contributed by atoms with Crippen LogP contribution in [0.1, 0.15) is 70.9 Å². The van der Waals surface area contributed by atoms with E-state index in [0.717, 1.165) is 37.3 Å². The smallest absolute Gasteiger partial charge is 0.307 e. The Morgan fingerprint density at radius 1 is 1.19 bits per heavy atom. The van der Waals surface area contributed by atoms with Gasteiger partial charge in [0.05, 0.1) is 25.3 Å². The molecule has 150 valence electrons. The number of unbranched alkanes of at least 4 members (excludes halogenated alkanes) is 1. The van der Waals surface area contributed by atoms with Crippen molar-refractivity contribution >= 4 is 11.9 Å². The van der Waals surface area contributed by atoms with E-state index in [1.54, 1.807) is 18.0 Å². The van der Waals surface area contributed by atoms with Crippen LogP contribution in [-0.4, -0.2) is 34.9 Å². The minimum Gasteiger partial charge on any atom is -0.466 e. The number of carbonyl (C=O) groups excluding carboxylic acids is 2. The van der Waals surface area contributed by atoms with Crippen LogP contribution in [0.15, 0.2) is 24.4 Å². The third-order valence-corrected chi connectivity index (χ3v) is 5.44. The predicted octanol–water partition coefficient (Wildman–Crippen LogP) is 4.36. The summed E-state index contributed by atoms with van der Waals surface area (Å²) in [4.78, 5) is 31.1. The predicted molar refractivity (Wildman–Crippen MR) is 106 cm³/mol. The van der Waals surface area contributed by atoms with Crippen LogP contribution in [0.3, 0.4) is 0 Å². The SMILES string of the molecule is CCCCC1CCC(C(=O)N(CCC(=O)OCC)Cc2ccccn2)CC1. The lowest BCUT2D eigenvalue weighted by Crippen LogP contribution is -2.39. The third kappa shape index (κ3) is 7.31. The van der Waals surface area contributed by atoms with Gasteiger partial charge in [0.2, 0.25) is 5.91 Å². The van der Waals surface area contributed by atoms with Crippen LogP contribution in [0.25, 0.3) is 0 Å². The summed E-state index contributed by atoms with van der Waals surface area (Å²) in [6.45, 7) is 5.24. The third-order valence-electron chi connectivity index (χ3n) is 5.44. The molecule has 0 atom stereocenters. The van der Waals surface area contributed by atoms with Gasteiger partial charge < -0.3 is 9.64 Å². The second-order valence-electron chi connectivity index (χ2n) is 7.50. The van der Waals surface area contributed by atoms with Crippen molar-refractivity contribution in [2.75, 3.05) is 13.2 Å². The summed E-state index contributed by atoms with van der Waals surface area (Å²) in [5.41, 5.74) is 0.853. The summed E-state index contributed by atoms with van der Waals surface area (Å²) in [7, 11) is 0. The van der Waals surface area contributed by atoms with E-state index in [1.807, 2.05) is 18.2 Å². The van der Waals surface area contributed by atoms with Crippen molar-refractivity contribution in [3.63, 3.8) is 0 Å². The number of nitrogens with zero attached hydrogens (tertiary/aromatic N) is 2. The number of esters is 1. The zero-order chi connectivity index (χ0) is 19.5. The molecule has 1 amide bonds. The first-order valence-electron chi connectivity index (χ1n) is 10.5. The molecule has 0 spiro atoms. The van der Waals surface area contributed by atoms with Crippen molar-refractivity contribution in [3.8, 4) is 0 Å². The van der Waals surface area contributed by atoms with Gasteiger partial charge in [0.25, 0.3) is 0 Å². The van der Waals surface area contributed by atoms with Crippen molar-refractivity contribution < 1.29 is 14.3 Å². The molecule has 1 heterocycles. The fraction of sp³-hybridized carbons (Fsp3) is 0.682. The lowest BCUT2D eigenvalue weighted by Gasteiger charge is -2.32. The number of ether oxygens (including phenoxy) is 1. The minimum atomic E-state index is -0.250. The standard InChI is InChI=1S/C22H34N2O3/c1-3-5-8-18-10-12-19(13-11-18)22(26)24(16-14-21(25)27-4-2)17-20-9-6-7-15-23-20/h6-7,9,15,18-19H,3-5,8,10-14,16-17H2,1-2H3. The number of hydrogen-bond acceptors (Lipinski definition) is 4. The van der Waals surface area contributed by atoms with E-state index in [0.29, 0.717) is 19.7 Å². The number of hydrogen-bond donors (Lipinski definition) is 0. The van der Waals surface area contributed by atoms with Gasteiger partial charge in [0.1, 0.15) is 0 Å². The fourth-order valence-corrected chi connectivity index (χ4v) is 3.86. The lowest BCUT2D eigenvalue weighted by molar-refractivity contribution is -0.145. The molecule has 1 aromatic heterocycles. The molecule has 1 aromatic rings. The largest absolute Gasteiger partial charge is 0.466 e. The summed E-state index contributed by atoms with van der Waals surface area (Å²) in [5.74, 6) is 0.769. The number of rotatable bonds is 10. The van der Waals surface area contributed by atoms with Gasteiger partial charge in [-0.1, -0.05) is 32.3 Å². The molecule has 0 saturated heterocycles. The van der Waals surface area contributed by atoms with Gasteiger partial charge in [-0.25, -0.2) is 0 Å². The molecule has 1 fully saturated rings. The summed E-state index contributed by atoms with van der Waals surface area (Å²) < 4.78 is 5.03. The lowest BCUT2D eigenvalue weighted by atomic mass is 9.79. The maximum Gasteiger partial charge on any atom is 0.307 e. The molecule has 0 radical (unpaired) electrons. The zero-order valence-corrected chi connectivity index (χ0v) is 16.9. The first kappa shape index (κ1) is 21.4. The Bertz CT molecular complexity index is 568. The van der Waals surface area contributed by atoms with Gasteiger partial charge in [0, 0.05) is 18.7 Å². The van der Waals surface area contributed by atoms with Crippen LogP contribution < -0.4 is 0 Å². The molecule has 0 unspecified atom stereocenters. The molecular weight excluding hydrogens is 340 g/mol. The monoisotopic (exact) mass is 374 g/mol. The molecule has 0 aromatic carbocycles. The van der Waals surface area contributed by atoms with Crippen LogP contribution in [0.2, 0.25) is 0 Å². The minimum absolute atomic E-state index is 0.0776. The van der Waals surface area contributed by atoms with E-state index in [9.17, 15) is 9.59 Å². The van der Waals surface area contributed by atoms with E-state index in [2.05, 4.69) is 11.9 Å². The van der Waals surface area contributed by atoms with E-state index in [-0.39, 0.29) is 24.2 Å². The maximum atomic E-state index is 13.1. The topological polar surface area (TPSA) is 59.5 Å². The summed E-state index contributed by atoms with van der Waals surface area (Å²) >= 11 is 0. The molecule has 5 nitrogen and oxygen atoms in total. The van der Waals surface area contributed by atoms with E-state index >= 15 is 0 Å². The van der Waals surface area contributed by atoms with Gasteiger partial charge in [-0.3, -0.25) is 14.6 Å². The second kappa shape index (κ2) is 11.7. The molecular formula is C22H34N2O3. The van der Waals surface area contributed by atoms with Crippen molar-refractivity contribution in [1.82, 2.24) is 9.88 Å². The highest BCUT2D eigenvalue weighted by atomic mass is 16.5. The number of pyridine rings is 1. The normalized spacial score (nSPS) is 19.5. The Kier molecular flexibility index (Phi) is 9.29. The molecule has 1 saturated carbocycles. The first-order chi connectivity index (χ1) is 13.1. The van der Waals surface area contributed by atoms with Crippen LogP contribution >= 0.6 is 0 Å². The Labute approximate surface area is 163 Å². The van der Waals surface area contributed by atoms with Crippen LogP contribution in [0, 0.1) is 11.8 Å². The number of aromatic nitrogens is 1. The Morgan fingerprint density at radius 3 is 2.59 bits per heavy atom. The quantitative estimate of drug-likeness (QED) is 0.571. The van der Waals surface area contributed by atoms with Crippen molar-refractivity contribution in [2.45, 2.75) is 71.8 Å². The summed E-state index contributed by atoms with van der Waals surface area (Å²) in [6.07, 6.45) is 10.0. The number of amides is 1. The Balaban J connectivity index is 1.94. The molecule has 2 rings (SSSR count). The summed E-state index contributed by atoms with van der Waals surface area (Å²) in [5, 5.41) is 0. The van der Waals surface area contributed by atoms with Crippen molar-refractivity contribution in [3.05, 3.63) is 30.1 Å². The molecule has 0 aliphatic heterocycles. The van der Waals surface area contributed by atoms with E-state index in [1.165, 1.54) is 19.3 Å². The molecule has 1 aliphatic carbocycles. The van der Waals surface area contributed by atoms with Gasteiger partial charge in [-0.2, -0.15) is 0 Å². The van der Waals surface area contributed by atoms with Gasteiger partial charge in [-0.15, -0.1) is 0 Å². The average molecular weight is 375 g/mol. The number of carbonyl (C=O) groups is 2. The molecule has 1 aliphatic rings. The van der Waals surface area contributed by atoms with E-state index in [4.69, 9.17) is 4.74 Å². The molecule has 5 heteroatoms.